The second-order valence-corrected chi connectivity index (χ2v) is 8.44. The van der Waals surface area contributed by atoms with E-state index in [0.717, 1.165) is 22.5 Å². The first-order chi connectivity index (χ1) is 13.4. The number of aliphatic imine (C=N–C) groups is 1. The maximum atomic E-state index is 6.79. The van der Waals surface area contributed by atoms with Gasteiger partial charge in [-0.25, -0.2) is 9.98 Å². The van der Waals surface area contributed by atoms with Crippen LogP contribution >= 0.6 is 0 Å². The van der Waals surface area contributed by atoms with Crippen LogP contribution in [0.15, 0.2) is 83.9 Å². The number of benzene rings is 2. The SMILES string of the molecule is Cc1cccc(C2=N[C@@H](C(C)(C)C)C(c3ccccc3)(c3ccccc3)O2)n1. The summed E-state index contributed by atoms with van der Waals surface area (Å²) in [6, 6.07) is 26.7. The van der Waals surface area contributed by atoms with E-state index in [-0.39, 0.29) is 11.5 Å². The molecule has 0 saturated heterocycles. The predicted octanol–water partition coefficient (Wildman–Crippen LogP) is 5.53. The minimum absolute atomic E-state index is 0.0953. The van der Waals surface area contributed by atoms with E-state index in [1.165, 1.54) is 0 Å². The van der Waals surface area contributed by atoms with Crippen molar-refractivity contribution in [2.24, 2.45) is 10.4 Å². The van der Waals surface area contributed by atoms with Crippen molar-refractivity contribution in [1.82, 2.24) is 4.98 Å². The van der Waals surface area contributed by atoms with Crippen molar-refractivity contribution in [3.05, 3.63) is 101 Å². The number of pyridine rings is 1. The van der Waals surface area contributed by atoms with Gasteiger partial charge in [-0.2, -0.15) is 0 Å². The lowest BCUT2D eigenvalue weighted by atomic mass is 9.70. The van der Waals surface area contributed by atoms with Crippen LogP contribution < -0.4 is 0 Å². The van der Waals surface area contributed by atoms with Gasteiger partial charge in [-0.05, 0) is 24.5 Å². The molecule has 1 atom stereocenters. The number of hydrogen-bond donors (Lipinski definition) is 0. The van der Waals surface area contributed by atoms with Crippen LogP contribution in [-0.4, -0.2) is 16.9 Å². The second kappa shape index (κ2) is 6.90. The Morgan fingerprint density at radius 1 is 0.786 bits per heavy atom. The summed E-state index contributed by atoms with van der Waals surface area (Å²) in [6.07, 6.45) is 0. The maximum Gasteiger partial charge on any atom is 0.237 e. The highest BCUT2D eigenvalue weighted by molar-refractivity contribution is 5.94. The highest BCUT2D eigenvalue weighted by Crippen LogP contribution is 2.49. The van der Waals surface area contributed by atoms with Crippen LogP contribution in [0.3, 0.4) is 0 Å². The third-order valence-corrected chi connectivity index (χ3v) is 5.22. The van der Waals surface area contributed by atoms with E-state index >= 15 is 0 Å². The van der Waals surface area contributed by atoms with E-state index in [1.807, 2.05) is 37.3 Å². The predicted molar refractivity (Wildman–Crippen MR) is 114 cm³/mol. The highest BCUT2D eigenvalue weighted by atomic mass is 16.5. The van der Waals surface area contributed by atoms with Gasteiger partial charge in [-0.15, -0.1) is 0 Å². The van der Waals surface area contributed by atoms with Crippen molar-refractivity contribution < 1.29 is 4.74 Å². The van der Waals surface area contributed by atoms with Crippen molar-refractivity contribution >= 4 is 5.90 Å². The zero-order valence-corrected chi connectivity index (χ0v) is 16.9. The van der Waals surface area contributed by atoms with Gasteiger partial charge < -0.3 is 4.74 Å². The zero-order chi connectivity index (χ0) is 19.8. The fourth-order valence-corrected chi connectivity index (χ4v) is 4.00. The molecule has 0 bridgehead atoms. The third kappa shape index (κ3) is 3.11. The summed E-state index contributed by atoms with van der Waals surface area (Å²) in [6.45, 7) is 8.65. The molecular weight excluding hydrogens is 344 g/mol. The van der Waals surface area contributed by atoms with Gasteiger partial charge in [0.15, 0.2) is 5.60 Å². The van der Waals surface area contributed by atoms with Gasteiger partial charge in [0.1, 0.15) is 11.7 Å². The Morgan fingerprint density at radius 2 is 1.36 bits per heavy atom. The standard InChI is InChI=1S/C25H26N2O/c1-18-12-11-17-21(26-18)22-27-23(24(2,3)4)25(28-22,19-13-7-5-8-14-19)20-15-9-6-10-16-20/h5-17,23H,1-4H3/t23-/m0/s1. The molecule has 3 heteroatoms. The Hall–Kier alpha value is -2.94. The van der Waals surface area contributed by atoms with Gasteiger partial charge >= 0.3 is 0 Å². The van der Waals surface area contributed by atoms with Crippen LogP contribution in [0.2, 0.25) is 0 Å². The van der Waals surface area contributed by atoms with Gasteiger partial charge in [0.25, 0.3) is 0 Å². The number of aryl methyl sites for hydroxylation is 1. The maximum absolute atomic E-state index is 6.79. The average Bonchev–Trinajstić information content (AvgIpc) is 3.12. The first kappa shape index (κ1) is 18.4. The van der Waals surface area contributed by atoms with Crippen LogP contribution in [0.25, 0.3) is 0 Å². The van der Waals surface area contributed by atoms with Gasteiger partial charge in [0, 0.05) is 16.8 Å². The molecule has 0 saturated carbocycles. The monoisotopic (exact) mass is 370 g/mol. The van der Waals surface area contributed by atoms with Crippen molar-refractivity contribution in [2.75, 3.05) is 0 Å². The number of nitrogens with zero attached hydrogens (tertiary/aromatic N) is 2. The number of ether oxygens (including phenoxy) is 1. The second-order valence-electron chi connectivity index (χ2n) is 8.44. The van der Waals surface area contributed by atoms with Crippen molar-refractivity contribution in [3.8, 4) is 0 Å². The Morgan fingerprint density at radius 3 is 1.86 bits per heavy atom. The molecule has 2 heterocycles. The molecule has 2 aromatic carbocycles. The lowest BCUT2D eigenvalue weighted by molar-refractivity contribution is 0.0554. The molecular formula is C25H26N2O. The van der Waals surface area contributed by atoms with E-state index in [2.05, 4.69) is 74.3 Å². The molecule has 0 amide bonds. The van der Waals surface area contributed by atoms with E-state index < -0.39 is 5.60 Å². The summed E-state index contributed by atoms with van der Waals surface area (Å²) in [5.74, 6) is 0.608. The van der Waals surface area contributed by atoms with Crippen LogP contribution in [0.5, 0.6) is 0 Å². The number of hydrogen-bond acceptors (Lipinski definition) is 3. The molecule has 142 valence electrons. The molecule has 28 heavy (non-hydrogen) atoms. The summed E-state index contributed by atoms with van der Waals surface area (Å²) in [4.78, 5) is 9.78. The fourth-order valence-electron chi connectivity index (χ4n) is 4.00. The Bertz CT molecular complexity index is 948. The topological polar surface area (TPSA) is 34.5 Å². The summed E-state index contributed by atoms with van der Waals surface area (Å²) in [5.41, 5.74) is 3.13. The fraction of sp³-hybridized carbons (Fsp3) is 0.280. The Balaban J connectivity index is 1.95. The van der Waals surface area contributed by atoms with E-state index in [4.69, 9.17) is 9.73 Å². The molecule has 0 spiro atoms. The van der Waals surface area contributed by atoms with Gasteiger partial charge in [-0.3, -0.25) is 0 Å². The Kier molecular flexibility index (Phi) is 4.54. The molecule has 0 aliphatic carbocycles. The molecule has 3 aromatic rings. The summed E-state index contributed by atoms with van der Waals surface area (Å²) < 4.78 is 6.79. The van der Waals surface area contributed by atoms with Crippen molar-refractivity contribution in [3.63, 3.8) is 0 Å². The minimum atomic E-state index is -0.693. The molecule has 4 rings (SSSR count). The lowest BCUT2D eigenvalue weighted by Crippen LogP contribution is -2.45. The summed E-state index contributed by atoms with van der Waals surface area (Å²) >= 11 is 0. The van der Waals surface area contributed by atoms with Crippen LogP contribution in [0, 0.1) is 12.3 Å². The first-order valence-electron chi connectivity index (χ1n) is 9.73. The molecule has 0 N–H and O–H groups in total. The smallest absolute Gasteiger partial charge is 0.237 e. The van der Waals surface area contributed by atoms with Crippen LogP contribution in [0.1, 0.15) is 43.3 Å². The van der Waals surface area contributed by atoms with Crippen molar-refractivity contribution in [1.29, 1.82) is 0 Å². The normalized spacial score (nSPS) is 18.4. The molecule has 0 unspecified atom stereocenters. The lowest BCUT2D eigenvalue weighted by Gasteiger charge is -2.40. The van der Waals surface area contributed by atoms with Gasteiger partial charge in [0.05, 0.1) is 0 Å². The first-order valence-corrected chi connectivity index (χ1v) is 9.73. The molecule has 1 aliphatic heterocycles. The zero-order valence-electron chi connectivity index (χ0n) is 16.9. The quantitative estimate of drug-likeness (QED) is 0.608. The van der Waals surface area contributed by atoms with E-state index in [1.54, 1.807) is 0 Å². The highest BCUT2D eigenvalue weighted by Gasteiger charge is 2.54. The van der Waals surface area contributed by atoms with Crippen molar-refractivity contribution in [2.45, 2.75) is 39.3 Å². The molecule has 0 radical (unpaired) electrons. The number of rotatable bonds is 3. The third-order valence-electron chi connectivity index (χ3n) is 5.22. The molecule has 3 nitrogen and oxygen atoms in total. The summed E-state index contributed by atoms with van der Waals surface area (Å²) in [7, 11) is 0. The molecule has 0 fully saturated rings. The minimum Gasteiger partial charge on any atom is -0.458 e. The largest absolute Gasteiger partial charge is 0.458 e. The molecule has 1 aromatic heterocycles. The number of aromatic nitrogens is 1. The molecule has 1 aliphatic rings. The van der Waals surface area contributed by atoms with Gasteiger partial charge in [-0.1, -0.05) is 87.5 Å². The van der Waals surface area contributed by atoms with Gasteiger partial charge in [0.2, 0.25) is 5.90 Å². The van der Waals surface area contributed by atoms with E-state index in [0.29, 0.717) is 5.90 Å². The summed E-state index contributed by atoms with van der Waals surface area (Å²) in [5, 5.41) is 0. The average molecular weight is 370 g/mol. The van der Waals surface area contributed by atoms with E-state index in [9.17, 15) is 0 Å². The van der Waals surface area contributed by atoms with Crippen LogP contribution in [-0.2, 0) is 10.3 Å². The van der Waals surface area contributed by atoms with Crippen LogP contribution in [0.4, 0.5) is 0 Å². The Labute approximate surface area is 167 Å².